The molecule has 1 heterocycles. The van der Waals surface area contributed by atoms with Crippen LogP contribution in [0.5, 0.6) is 28.7 Å². The number of pyridine rings is 1. The molecule has 4 rings (SSSR count). The fourth-order valence-corrected chi connectivity index (χ4v) is 3.79. The van der Waals surface area contributed by atoms with Gasteiger partial charge in [-0.3, -0.25) is 14.6 Å². The van der Waals surface area contributed by atoms with Gasteiger partial charge in [-0.15, -0.1) is 0 Å². The Kier molecular flexibility index (Phi) is 7.31. The van der Waals surface area contributed by atoms with Crippen LogP contribution < -0.4 is 19.5 Å². The number of methoxy groups -OCH3 is 2. The van der Waals surface area contributed by atoms with E-state index in [1.807, 2.05) is 0 Å². The monoisotopic (exact) mass is 546 g/mol. The number of phenolic OH excluding ortho intramolecular Hbond substituents is 1. The number of nitrogens with one attached hydrogen (secondary N) is 1. The number of fused-ring (bicyclic) bond motifs is 1. The van der Waals surface area contributed by atoms with Crippen molar-refractivity contribution in [3.8, 4) is 28.7 Å². The molecule has 1 amide bonds. The summed E-state index contributed by atoms with van der Waals surface area (Å²) in [7, 11) is 2.97. The predicted octanol–water partition coefficient (Wildman–Crippen LogP) is 6.24. The minimum absolute atomic E-state index is 0.134. The lowest BCUT2D eigenvalue weighted by Gasteiger charge is -2.13. The smallest absolute Gasteiger partial charge is 0.417 e. The van der Waals surface area contributed by atoms with Crippen LogP contribution >= 0.6 is 11.6 Å². The maximum absolute atomic E-state index is 13.1. The zero-order valence-electron chi connectivity index (χ0n) is 19.7. The average molecular weight is 547 g/mol. The van der Waals surface area contributed by atoms with Gasteiger partial charge in [0.1, 0.15) is 17.2 Å². The van der Waals surface area contributed by atoms with Gasteiger partial charge in [0.15, 0.2) is 11.5 Å². The fraction of sp³-hybridized carbons (Fsp3) is 0.115. The van der Waals surface area contributed by atoms with E-state index in [1.165, 1.54) is 26.5 Å². The van der Waals surface area contributed by atoms with Crippen molar-refractivity contribution in [1.82, 2.24) is 4.98 Å². The van der Waals surface area contributed by atoms with Gasteiger partial charge in [0.05, 0.1) is 35.9 Å². The highest BCUT2D eigenvalue weighted by atomic mass is 35.5. The third kappa shape index (κ3) is 5.42. The first-order valence-corrected chi connectivity index (χ1v) is 11.1. The Labute approximate surface area is 218 Å². The first kappa shape index (κ1) is 26.6. The number of carbonyl (C=O) groups excluding carboxylic acids is 2. The predicted molar refractivity (Wildman–Crippen MR) is 132 cm³/mol. The number of anilines is 1. The van der Waals surface area contributed by atoms with Gasteiger partial charge in [0, 0.05) is 29.4 Å². The van der Waals surface area contributed by atoms with Crippen molar-refractivity contribution in [2.75, 3.05) is 19.5 Å². The van der Waals surface area contributed by atoms with Crippen molar-refractivity contribution in [3.63, 3.8) is 0 Å². The molecule has 1 aromatic heterocycles. The lowest BCUT2D eigenvalue weighted by atomic mass is 10.1. The number of hydrogen-bond donors (Lipinski definition) is 2. The first-order chi connectivity index (χ1) is 18.0. The van der Waals surface area contributed by atoms with Crippen LogP contribution in [0.2, 0.25) is 5.02 Å². The maximum atomic E-state index is 13.1. The van der Waals surface area contributed by atoms with Crippen LogP contribution in [0.25, 0.3) is 10.9 Å². The van der Waals surface area contributed by atoms with Crippen LogP contribution in [0.15, 0.2) is 60.8 Å². The van der Waals surface area contributed by atoms with Gasteiger partial charge in [0.2, 0.25) is 0 Å². The van der Waals surface area contributed by atoms with Gasteiger partial charge in [-0.05, 0) is 42.5 Å². The van der Waals surface area contributed by atoms with Gasteiger partial charge in [0.25, 0.3) is 11.7 Å². The summed E-state index contributed by atoms with van der Waals surface area (Å²) in [5.41, 5.74) is -1.31. The molecule has 0 aliphatic rings. The SMILES string of the molecule is COc1cc2nccc(Oc3ccc(C(=O)C(=O)Nc4ccc(Cl)c(C(F)(F)F)c4)c(O)c3)c2cc1OC. The lowest BCUT2D eigenvalue weighted by molar-refractivity contribution is -0.137. The average Bonchev–Trinajstić information content (AvgIpc) is 2.88. The minimum Gasteiger partial charge on any atom is -0.507 e. The van der Waals surface area contributed by atoms with Crippen molar-refractivity contribution < 1.29 is 42.1 Å². The molecule has 12 heteroatoms. The van der Waals surface area contributed by atoms with Gasteiger partial charge in [-0.1, -0.05) is 11.6 Å². The van der Waals surface area contributed by atoms with Crippen LogP contribution in [-0.4, -0.2) is 36.0 Å². The third-order valence-corrected chi connectivity index (χ3v) is 5.71. The maximum Gasteiger partial charge on any atom is 0.417 e. The molecule has 8 nitrogen and oxygen atoms in total. The van der Waals surface area contributed by atoms with Gasteiger partial charge < -0.3 is 24.6 Å². The van der Waals surface area contributed by atoms with Gasteiger partial charge >= 0.3 is 6.18 Å². The Morgan fingerprint density at radius 1 is 0.947 bits per heavy atom. The standard InChI is InChI=1S/C26H18ClF3N2O6/c1-36-22-11-16-19(12-23(22)37-2)31-8-7-21(16)38-14-4-5-15(20(33)10-14)24(34)25(35)32-13-3-6-18(27)17(9-13)26(28,29)30/h3-12,33H,1-2H3,(H,32,35). The van der Waals surface area contributed by atoms with Crippen LogP contribution in [0.3, 0.4) is 0 Å². The quantitative estimate of drug-likeness (QED) is 0.209. The number of aromatic hydroxyl groups is 1. The molecule has 196 valence electrons. The molecule has 0 atom stereocenters. The summed E-state index contributed by atoms with van der Waals surface area (Å²) in [6.45, 7) is 0. The van der Waals surface area contributed by atoms with Crippen LogP contribution in [0.4, 0.5) is 18.9 Å². The Morgan fingerprint density at radius 3 is 2.32 bits per heavy atom. The molecule has 2 N–H and O–H groups in total. The molecule has 0 unspecified atom stereocenters. The minimum atomic E-state index is -4.76. The fourth-order valence-electron chi connectivity index (χ4n) is 3.56. The molecule has 0 saturated carbocycles. The molecule has 38 heavy (non-hydrogen) atoms. The number of Topliss-reactive ketones (excluding diaryl/α,β-unsaturated/α-hetero) is 1. The van der Waals surface area contributed by atoms with Crippen LogP contribution in [0.1, 0.15) is 15.9 Å². The summed E-state index contributed by atoms with van der Waals surface area (Å²) in [6.07, 6.45) is -3.25. The Balaban J connectivity index is 1.55. The van der Waals surface area contributed by atoms with Crippen LogP contribution in [-0.2, 0) is 11.0 Å². The molecular formula is C26H18ClF3N2O6. The van der Waals surface area contributed by atoms with E-state index >= 15 is 0 Å². The van der Waals surface area contributed by atoms with E-state index in [0.717, 1.165) is 24.3 Å². The van der Waals surface area contributed by atoms with E-state index in [0.29, 0.717) is 34.2 Å². The van der Waals surface area contributed by atoms with Crippen molar-refractivity contribution in [2.24, 2.45) is 0 Å². The molecule has 0 aliphatic heterocycles. The second-order valence-electron chi connectivity index (χ2n) is 7.79. The molecule has 3 aromatic carbocycles. The largest absolute Gasteiger partial charge is 0.507 e. The van der Waals surface area contributed by atoms with E-state index < -0.39 is 34.2 Å². The Hall–Kier alpha value is -4.51. The van der Waals surface area contributed by atoms with Crippen molar-refractivity contribution in [1.29, 1.82) is 0 Å². The molecule has 0 radical (unpaired) electrons. The number of ketones is 1. The van der Waals surface area contributed by atoms with E-state index in [4.69, 9.17) is 25.8 Å². The van der Waals surface area contributed by atoms with Gasteiger partial charge in [-0.2, -0.15) is 13.2 Å². The lowest BCUT2D eigenvalue weighted by Crippen LogP contribution is -2.23. The number of alkyl halides is 3. The molecule has 0 saturated heterocycles. The number of ether oxygens (including phenoxy) is 3. The molecule has 0 aliphatic carbocycles. The number of rotatable bonds is 7. The van der Waals surface area contributed by atoms with Crippen molar-refractivity contribution in [2.45, 2.75) is 6.18 Å². The Bertz CT molecular complexity index is 1560. The van der Waals surface area contributed by atoms with Crippen LogP contribution in [0, 0.1) is 0 Å². The molecule has 0 bridgehead atoms. The number of benzene rings is 3. The third-order valence-electron chi connectivity index (χ3n) is 5.38. The molecule has 0 spiro atoms. The van der Waals surface area contributed by atoms with E-state index in [1.54, 1.807) is 18.2 Å². The number of phenols is 1. The van der Waals surface area contributed by atoms with E-state index in [9.17, 15) is 27.9 Å². The first-order valence-electron chi connectivity index (χ1n) is 10.8. The number of nitrogens with zero attached hydrogens (tertiary/aromatic N) is 1. The molecule has 4 aromatic rings. The molecular weight excluding hydrogens is 529 g/mol. The van der Waals surface area contributed by atoms with Gasteiger partial charge in [-0.25, -0.2) is 0 Å². The van der Waals surface area contributed by atoms with Crippen molar-refractivity contribution in [3.05, 3.63) is 76.9 Å². The zero-order chi connectivity index (χ0) is 27.6. The second kappa shape index (κ2) is 10.5. The summed E-state index contributed by atoms with van der Waals surface area (Å²) >= 11 is 5.57. The topological polar surface area (TPSA) is 107 Å². The summed E-state index contributed by atoms with van der Waals surface area (Å²) in [5.74, 6) is -1.61. The highest BCUT2D eigenvalue weighted by Gasteiger charge is 2.33. The Morgan fingerprint density at radius 2 is 1.66 bits per heavy atom. The number of amides is 1. The number of aromatic nitrogens is 1. The number of halogens is 4. The van der Waals surface area contributed by atoms with Crippen molar-refractivity contribution >= 4 is 39.9 Å². The van der Waals surface area contributed by atoms with E-state index in [2.05, 4.69) is 10.3 Å². The molecule has 0 fully saturated rings. The normalized spacial score (nSPS) is 11.2. The summed E-state index contributed by atoms with van der Waals surface area (Å²) in [6, 6.07) is 11.2. The number of hydrogen-bond acceptors (Lipinski definition) is 7. The zero-order valence-corrected chi connectivity index (χ0v) is 20.5. The highest BCUT2D eigenvalue weighted by molar-refractivity contribution is 6.47. The number of carbonyl (C=O) groups is 2. The van der Waals surface area contributed by atoms with E-state index in [-0.39, 0.29) is 17.0 Å². The summed E-state index contributed by atoms with van der Waals surface area (Å²) in [4.78, 5) is 29.3. The summed E-state index contributed by atoms with van der Waals surface area (Å²) in [5, 5.41) is 12.5. The summed E-state index contributed by atoms with van der Waals surface area (Å²) < 4.78 is 55.7. The second-order valence-corrected chi connectivity index (χ2v) is 8.20. The highest BCUT2D eigenvalue weighted by Crippen LogP contribution is 2.38.